The number of hydrogen-bond donors (Lipinski definition) is 1. The van der Waals surface area contributed by atoms with Crippen LogP contribution in [-0.4, -0.2) is 10.9 Å². The van der Waals surface area contributed by atoms with E-state index < -0.39 is 5.41 Å². The molecular formula is C15H18N2OS. The van der Waals surface area contributed by atoms with E-state index in [-0.39, 0.29) is 5.91 Å². The average Bonchev–Trinajstić information content (AvgIpc) is 2.75. The third kappa shape index (κ3) is 3.41. The number of amides is 1. The standard InChI is InChI=1S/C15H18N2OS/c1-10-16-13(9-19-10)11-6-5-7-12(8-11)17-14(18)15(2,3)4/h5-9H,1-4H3,(H,17,18). The Kier molecular flexibility index (Phi) is 3.71. The smallest absolute Gasteiger partial charge is 0.229 e. The zero-order valence-electron chi connectivity index (χ0n) is 11.7. The summed E-state index contributed by atoms with van der Waals surface area (Å²) in [5, 5.41) is 6.00. The molecule has 0 radical (unpaired) electrons. The summed E-state index contributed by atoms with van der Waals surface area (Å²) >= 11 is 1.62. The second-order valence-corrected chi connectivity index (χ2v) is 6.60. The minimum Gasteiger partial charge on any atom is -0.326 e. The molecule has 1 heterocycles. The van der Waals surface area contributed by atoms with E-state index in [4.69, 9.17) is 0 Å². The number of anilines is 1. The van der Waals surface area contributed by atoms with E-state index in [2.05, 4.69) is 10.3 Å². The number of aromatic nitrogens is 1. The molecule has 1 N–H and O–H groups in total. The van der Waals surface area contributed by atoms with Gasteiger partial charge in [0.1, 0.15) is 0 Å². The predicted molar refractivity (Wildman–Crippen MR) is 80.4 cm³/mol. The fourth-order valence-electron chi connectivity index (χ4n) is 1.57. The Hall–Kier alpha value is -1.68. The molecule has 0 unspecified atom stereocenters. The van der Waals surface area contributed by atoms with Gasteiger partial charge in [0.2, 0.25) is 5.91 Å². The van der Waals surface area contributed by atoms with Crippen molar-refractivity contribution in [2.24, 2.45) is 5.41 Å². The van der Waals surface area contributed by atoms with Gasteiger partial charge in [0, 0.05) is 22.0 Å². The number of nitrogens with zero attached hydrogens (tertiary/aromatic N) is 1. The van der Waals surface area contributed by atoms with Crippen LogP contribution in [-0.2, 0) is 4.79 Å². The Bertz CT molecular complexity index is 596. The first kappa shape index (κ1) is 13.7. The molecule has 0 fully saturated rings. The van der Waals surface area contributed by atoms with Crippen molar-refractivity contribution >= 4 is 22.9 Å². The van der Waals surface area contributed by atoms with Gasteiger partial charge >= 0.3 is 0 Å². The number of hydrogen-bond acceptors (Lipinski definition) is 3. The minimum absolute atomic E-state index is 0.0131. The van der Waals surface area contributed by atoms with Crippen LogP contribution in [0.2, 0.25) is 0 Å². The molecule has 0 aliphatic carbocycles. The topological polar surface area (TPSA) is 42.0 Å². The van der Waals surface area contributed by atoms with Crippen molar-refractivity contribution in [1.82, 2.24) is 4.98 Å². The first-order chi connectivity index (χ1) is 8.86. The second-order valence-electron chi connectivity index (χ2n) is 5.54. The lowest BCUT2D eigenvalue weighted by molar-refractivity contribution is -0.123. The first-order valence-electron chi connectivity index (χ1n) is 6.20. The monoisotopic (exact) mass is 274 g/mol. The molecule has 1 aromatic carbocycles. The summed E-state index contributed by atoms with van der Waals surface area (Å²) in [6.45, 7) is 7.68. The molecule has 100 valence electrons. The van der Waals surface area contributed by atoms with Crippen LogP contribution in [0.4, 0.5) is 5.69 Å². The molecule has 1 amide bonds. The van der Waals surface area contributed by atoms with Crippen LogP contribution < -0.4 is 5.32 Å². The van der Waals surface area contributed by atoms with E-state index in [1.54, 1.807) is 11.3 Å². The van der Waals surface area contributed by atoms with E-state index in [1.807, 2.05) is 57.3 Å². The fraction of sp³-hybridized carbons (Fsp3) is 0.333. The summed E-state index contributed by atoms with van der Waals surface area (Å²) in [4.78, 5) is 16.4. The molecule has 0 saturated carbocycles. The van der Waals surface area contributed by atoms with E-state index in [1.165, 1.54) is 0 Å². The number of rotatable bonds is 2. The lowest BCUT2D eigenvalue weighted by Crippen LogP contribution is -2.27. The van der Waals surface area contributed by atoms with Gasteiger partial charge in [0.15, 0.2) is 0 Å². The van der Waals surface area contributed by atoms with Crippen molar-refractivity contribution in [3.8, 4) is 11.3 Å². The lowest BCUT2D eigenvalue weighted by Gasteiger charge is -2.17. The van der Waals surface area contributed by atoms with Gasteiger partial charge in [-0.3, -0.25) is 4.79 Å². The molecule has 3 nitrogen and oxygen atoms in total. The minimum atomic E-state index is -0.396. The van der Waals surface area contributed by atoms with Crippen molar-refractivity contribution < 1.29 is 4.79 Å². The van der Waals surface area contributed by atoms with Crippen molar-refractivity contribution in [1.29, 1.82) is 0 Å². The normalized spacial score (nSPS) is 11.4. The Morgan fingerprint density at radius 3 is 2.63 bits per heavy atom. The van der Waals surface area contributed by atoms with Gasteiger partial charge < -0.3 is 5.32 Å². The molecular weight excluding hydrogens is 256 g/mol. The zero-order chi connectivity index (χ0) is 14.0. The third-order valence-electron chi connectivity index (χ3n) is 2.72. The maximum atomic E-state index is 12.0. The molecule has 0 bridgehead atoms. The van der Waals surface area contributed by atoms with Crippen molar-refractivity contribution in [3.05, 3.63) is 34.7 Å². The largest absolute Gasteiger partial charge is 0.326 e. The first-order valence-corrected chi connectivity index (χ1v) is 7.08. The van der Waals surface area contributed by atoms with Crippen molar-refractivity contribution in [2.75, 3.05) is 5.32 Å². The predicted octanol–water partition coefficient (Wildman–Crippen LogP) is 4.10. The highest BCUT2D eigenvalue weighted by Crippen LogP contribution is 2.25. The Labute approximate surface area is 117 Å². The SMILES string of the molecule is Cc1nc(-c2cccc(NC(=O)C(C)(C)C)c2)cs1. The number of aryl methyl sites for hydroxylation is 1. The number of carbonyl (C=O) groups is 1. The van der Waals surface area contributed by atoms with Crippen LogP contribution in [0.5, 0.6) is 0 Å². The van der Waals surface area contributed by atoms with Crippen LogP contribution in [0, 0.1) is 12.3 Å². The Morgan fingerprint density at radius 1 is 1.32 bits per heavy atom. The quantitative estimate of drug-likeness (QED) is 0.895. The third-order valence-corrected chi connectivity index (χ3v) is 3.49. The molecule has 0 atom stereocenters. The number of nitrogens with one attached hydrogen (secondary N) is 1. The molecule has 0 aliphatic rings. The molecule has 0 spiro atoms. The molecule has 0 saturated heterocycles. The summed E-state index contributed by atoms with van der Waals surface area (Å²) < 4.78 is 0. The molecule has 2 aromatic rings. The molecule has 1 aromatic heterocycles. The number of carbonyl (C=O) groups excluding carboxylic acids is 1. The molecule has 4 heteroatoms. The van der Waals surface area contributed by atoms with Gasteiger partial charge in [-0.1, -0.05) is 32.9 Å². The number of benzene rings is 1. The maximum Gasteiger partial charge on any atom is 0.229 e. The lowest BCUT2D eigenvalue weighted by atomic mass is 9.95. The van der Waals surface area contributed by atoms with Crippen LogP contribution >= 0.6 is 11.3 Å². The van der Waals surface area contributed by atoms with E-state index in [0.29, 0.717) is 0 Å². The van der Waals surface area contributed by atoms with Crippen LogP contribution in [0.1, 0.15) is 25.8 Å². The van der Waals surface area contributed by atoms with Crippen molar-refractivity contribution in [3.63, 3.8) is 0 Å². The van der Waals surface area contributed by atoms with Gasteiger partial charge in [-0.25, -0.2) is 4.98 Å². The highest BCUT2D eigenvalue weighted by Gasteiger charge is 2.21. The van der Waals surface area contributed by atoms with Gasteiger partial charge in [-0.2, -0.15) is 0 Å². The van der Waals surface area contributed by atoms with Crippen molar-refractivity contribution in [2.45, 2.75) is 27.7 Å². The second kappa shape index (κ2) is 5.13. The van der Waals surface area contributed by atoms with Crippen LogP contribution in [0.15, 0.2) is 29.6 Å². The number of thiazole rings is 1. The maximum absolute atomic E-state index is 12.0. The van der Waals surface area contributed by atoms with Gasteiger partial charge in [0.05, 0.1) is 10.7 Å². The zero-order valence-corrected chi connectivity index (χ0v) is 12.5. The summed E-state index contributed by atoms with van der Waals surface area (Å²) in [6, 6.07) is 7.79. The summed E-state index contributed by atoms with van der Waals surface area (Å²) in [5.41, 5.74) is 2.39. The molecule has 19 heavy (non-hydrogen) atoms. The van der Waals surface area contributed by atoms with Gasteiger partial charge in [-0.05, 0) is 19.1 Å². The highest BCUT2D eigenvalue weighted by atomic mass is 32.1. The summed E-state index contributed by atoms with van der Waals surface area (Å²) in [7, 11) is 0. The van der Waals surface area contributed by atoms with E-state index in [9.17, 15) is 4.79 Å². The summed E-state index contributed by atoms with van der Waals surface area (Å²) in [6.07, 6.45) is 0. The highest BCUT2D eigenvalue weighted by molar-refractivity contribution is 7.09. The Morgan fingerprint density at radius 2 is 2.05 bits per heavy atom. The molecule has 2 rings (SSSR count). The Balaban J connectivity index is 2.23. The fourth-order valence-corrected chi connectivity index (χ4v) is 2.19. The van der Waals surface area contributed by atoms with Crippen LogP contribution in [0.3, 0.4) is 0 Å². The average molecular weight is 274 g/mol. The van der Waals surface area contributed by atoms with E-state index >= 15 is 0 Å². The summed E-state index contributed by atoms with van der Waals surface area (Å²) in [5.74, 6) is 0.0131. The van der Waals surface area contributed by atoms with Gasteiger partial charge in [0.25, 0.3) is 0 Å². The van der Waals surface area contributed by atoms with E-state index in [0.717, 1.165) is 22.0 Å². The van der Waals surface area contributed by atoms with Gasteiger partial charge in [-0.15, -0.1) is 11.3 Å². The van der Waals surface area contributed by atoms with Crippen LogP contribution in [0.25, 0.3) is 11.3 Å². The molecule has 0 aliphatic heterocycles.